The first-order valence-electron chi connectivity index (χ1n) is 7.07. The van der Waals surface area contributed by atoms with Crippen molar-refractivity contribution in [3.8, 4) is 5.75 Å². The summed E-state index contributed by atoms with van der Waals surface area (Å²) in [5, 5.41) is 25.8. The third-order valence-electron chi connectivity index (χ3n) is 3.04. The Labute approximate surface area is 161 Å². The molecule has 0 atom stereocenters. The van der Waals surface area contributed by atoms with Gasteiger partial charge >= 0.3 is 12.3 Å². The number of benzene rings is 2. The third-order valence-corrected chi connectivity index (χ3v) is 3.66. The largest absolute Gasteiger partial charge is 0.573 e. The van der Waals surface area contributed by atoms with E-state index in [2.05, 4.69) is 30.9 Å². The van der Waals surface area contributed by atoms with Gasteiger partial charge in [-0.05, 0) is 52.3 Å². The molecule has 28 heavy (non-hydrogen) atoms. The normalized spacial score (nSPS) is 12.8. The van der Waals surface area contributed by atoms with Crippen LogP contribution in [-0.4, -0.2) is 22.5 Å². The second kappa shape index (κ2) is 8.33. The Bertz CT molecular complexity index is 959. The topological polar surface area (TPSA) is 91.5 Å². The van der Waals surface area contributed by atoms with Crippen LogP contribution in [0, 0.1) is 11.6 Å². The number of hydrogen-bond donors (Lipinski definition) is 2. The molecular weight excluding hydrogens is 459 g/mol. The van der Waals surface area contributed by atoms with Crippen molar-refractivity contribution in [2.75, 3.05) is 0 Å². The molecule has 0 saturated heterocycles. The van der Waals surface area contributed by atoms with E-state index in [1.165, 1.54) is 0 Å². The van der Waals surface area contributed by atoms with Gasteiger partial charge in [0.1, 0.15) is 11.6 Å². The lowest BCUT2D eigenvalue weighted by atomic mass is 10.1. The maximum atomic E-state index is 14.0. The SMILES string of the molecule is O=C(O)C(N=Nc1ccc(OC(F)(F)F)cc1)=C(O)c1c(F)ccc(Br)c1F. The Balaban J connectivity index is 2.39. The molecule has 148 valence electrons. The minimum absolute atomic E-state index is 0.115. The Morgan fingerprint density at radius 3 is 2.18 bits per heavy atom. The van der Waals surface area contributed by atoms with Gasteiger partial charge in [-0.1, -0.05) is 0 Å². The summed E-state index contributed by atoms with van der Waals surface area (Å²) < 4.78 is 67.6. The van der Waals surface area contributed by atoms with Crippen LogP contribution in [0.1, 0.15) is 5.56 Å². The molecule has 0 aliphatic heterocycles. The number of carbonyl (C=O) groups is 1. The van der Waals surface area contributed by atoms with E-state index in [1.807, 2.05) is 0 Å². The van der Waals surface area contributed by atoms with Crippen LogP contribution in [0.3, 0.4) is 0 Å². The molecule has 0 fully saturated rings. The number of alkyl halides is 3. The number of rotatable bonds is 5. The molecule has 0 saturated carbocycles. The molecule has 0 heterocycles. The number of halogens is 6. The summed E-state index contributed by atoms with van der Waals surface area (Å²) in [6.07, 6.45) is -4.90. The van der Waals surface area contributed by atoms with Gasteiger partial charge < -0.3 is 14.9 Å². The Morgan fingerprint density at radius 1 is 1.04 bits per heavy atom. The molecular formula is C16H8BrF5N2O4. The molecule has 0 aromatic heterocycles. The molecule has 0 radical (unpaired) electrons. The molecule has 2 aromatic rings. The molecule has 0 amide bonds. The zero-order valence-electron chi connectivity index (χ0n) is 13.3. The monoisotopic (exact) mass is 466 g/mol. The molecule has 12 heteroatoms. The van der Waals surface area contributed by atoms with Crippen LogP contribution in [0.25, 0.3) is 5.76 Å². The minimum Gasteiger partial charge on any atom is -0.505 e. The first kappa shape index (κ1) is 21.3. The quantitative estimate of drug-likeness (QED) is 0.194. The van der Waals surface area contributed by atoms with Gasteiger partial charge in [0.05, 0.1) is 15.7 Å². The van der Waals surface area contributed by atoms with Crippen molar-refractivity contribution in [1.82, 2.24) is 0 Å². The van der Waals surface area contributed by atoms with E-state index < -0.39 is 46.7 Å². The van der Waals surface area contributed by atoms with E-state index in [-0.39, 0.29) is 10.2 Å². The van der Waals surface area contributed by atoms with Gasteiger partial charge in [-0.3, -0.25) is 0 Å². The Kier molecular flexibility index (Phi) is 6.33. The van der Waals surface area contributed by atoms with Crippen LogP contribution in [0.2, 0.25) is 0 Å². The molecule has 0 spiro atoms. The number of carboxylic acid groups (broad SMARTS) is 1. The fourth-order valence-corrected chi connectivity index (χ4v) is 2.21. The van der Waals surface area contributed by atoms with Crippen LogP contribution in [0.4, 0.5) is 27.6 Å². The van der Waals surface area contributed by atoms with E-state index >= 15 is 0 Å². The van der Waals surface area contributed by atoms with Crippen LogP contribution in [0.15, 0.2) is 56.8 Å². The number of aliphatic hydroxyl groups excluding tert-OH is 1. The second-order valence-electron chi connectivity index (χ2n) is 4.96. The minimum atomic E-state index is -4.90. The Hall–Kier alpha value is -3.02. The van der Waals surface area contributed by atoms with Gasteiger partial charge in [0.25, 0.3) is 0 Å². The number of azo groups is 1. The molecule has 0 aliphatic rings. The summed E-state index contributed by atoms with van der Waals surface area (Å²) in [4.78, 5) is 11.3. The number of carboxylic acids is 1. The fraction of sp³-hybridized carbons (Fsp3) is 0.0625. The first-order chi connectivity index (χ1) is 13.0. The average molecular weight is 467 g/mol. The van der Waals surface area contributed by atoms with Crippen molar-refractivity contribution in [2.24, 2.45) is 10.2 Å². The summed E-state index contributed by atoms with van der Waals surface area (Å²) in [6.45, 7) is 0. The summed E-state index contributed by atoms with van der Waals surface area (Å²) >= 11 is 2.77. The average Bonchev–Trinajstić information content (AvgIpc) is 2.58. The molecule has 0 unspecified atom stereocenters. The van der Waals surface area contributed by atoms with Crippen LogP contribution < -0.4 is 4.74 Å². The maximum Gasteiger partial charge on any atom is 0.573 e. The molecule has 0 aliphatic carbocycles. The predicted octanol–water partition coefficient (Wildman–Crippen LogP) is 5.72. The predicted molar refractivity (Wildman–Crippen MR) is 88.9 cm³/mol. The van der Waals surface area contributed by atoms with E-state index in [1.54, 1.807) is 0 Å². The lowest BCUT2D eigenvalue weighted by Gasteiger charge is -2.08. The smallest absolute Gasteiger partial charge is 0.505 e. The van der Waals surface area contributed by atoms with Crippen LogP contribution in [0.5, 0.6) is 5.75 Å². The lowest BCUT2D eigenvalue weighted by Crippen LogP contribution is -2.16. The highest BCUT2D eigenvalue weighted by atomic mass is 79.9. The third kappa shape index (κ3) is 5.25. The van der Waals surface area contributed by atoms with Gasteiger partial charge in [0, 0.05) is 0 Å². The summed E-state index contributed by atoms with van der Waals surface area (Å²) in [5.74, 6) is -6.25. The Morgan fingerprint density at radius 2 is 1.64 bits per heavy atom. The first-order valence-corrected chi connectivity index (χ1v) is 7.87. The number of aliphatic carboxylic acids is 1. The molecule has 2 N–H and O–H groups in total. The summed E-state index contributed by atoms with van der Waals surface area (Å²) in [5.41, 5.74) is -2.34. The molecule has 2 rings (SSSR count). The van der Waals surface area contributed by atoms with Crippen molar-refractivity contribution in [1.29, 1.82) is 0 Å². The van der Waals surface area contributed by atoms with E-state index in [9.17, 15) is 31.9 Å². The fourth-order valence-electron chi connectivity index (χ4n) is 1.88. The van der Waals surface area contributed by atoms with Crippen molar-refractivity contribution >= 4 is 33.3 Å². The lowest BCUT2D eigenvalue weighted by molar-refractivity contribution is -0.274. The summed E-state index contributed by atoms with van der Waals surface area (Å²) in [7, 11) is 0. The molecule has 0 bridgehead atoms. The number of ether oxygens (including phenoxy) is 1. The van der Waals surface area contributed by atoms with Crippen molar-refractivity contribution in [3.05, 3.63) is 63.8 Å². The molecule has 2 aromatic carbocycles. The van der Waals surface area contributed by atoms with E-state index in [0.29, 0.717) is 0 Å². The van der Waals surface area contributed by atoms with Gasteiger partial charge in [-0.25, -0.2) is 13.6 Å². The zero-order chi connectivity index (χ0) is 21.1. The standard InChI is InChI=1S/C16H8BrF5N2O4/c17-9-5-6-10(18)11(12(9)19)14(25)13(15(26)27)24-23-7-1-3-8(4-2-7)28-16(20,21)22/h1-6,25H,(H,26,27). The highest BCUT2D eigenvalue weighted by molar-refractivity contribution is 9.10. The highest BCUT2D eigenvalue weighted by Gasteiger charge is 2.31. The maximum absolute atomic E-state index is 14.0. The van der Waals surface area contributed by atoms with E-state index in [0.717, 1.165) is 36.4 Å². The number of hydrogen-bond acceptors (Lipinski definition) is 5. The van der Waals surface area contributed by atoms with Gasteiger partial charge in [0.15, 0.2) is 11.6 Å². The van der Waals surface area contributed by atoms with Crippen molar-refractivity contribution in [3.63, 3.8) is 0 Å². The molecule has 6 nitrogen and oxygen atoms in total. The summed E-state index contributed by atoms with van der Waals surface area (Å²) in [6, 6.07) is 5.60. The van der Waals surface area contributed by atoms with Gasteiger partial charge in [-0.15, -0.1) is 18.3 Å². The number of nitrogens with zero attached hydrogens (tertiary/aromatic N) is 2. The zero-order valence-corrected chi connectivity index (χ0v) is 14.9. The number of aliphatic hydroxyl groups is 1. The highest BCUT2D eigenvalue weighted by Crippen LogP contribution is 2.29. The second-order valence-corrected chi connectivity index (χ2v) is 5.82. The van der Waals surface area contributed by atoms with Crippen molar-refractivity contribution in [2.45, 2.75) is 6.36 Å². The van der Waals surface area contributed by atoms with E-state index in [4.69, 9.17) is 5.11 Å². The van der Waals surface area contributed by atoms with Crippen LogP contribution in [-0.2, 0) is 4.79 Å². The van der Waals surface area contributed by atoms with Gasteiger partial charge in [0.2, 0.25) is 5.70 Å². The van der Waals surface area contributed by atoms with Crippen LogP contribution >= 0.6 is 15.9 Å². The van der Waals surface area contributed by atoms with Gasteiger partial charge in [-0.2, -0.15) is 5.11 Å². The van der Waals surface area contributed by atoms with Crippen molar-refractivity contribution < 1.29 is 41.7 Å².